The molecule has 1 amide bonds. The Morgan fingerprint density at radius 2 is 2.11 bits per heavy atom. The summed E-state index contributed by atoms with van der Waals surface area (Å²) in [6.45, 7) is 2.10. The summed E-state index contributed by atoms with van der Waals surface area (Å²) < 4.78 is 0. The summed E-state index contributed by atoms with van der Waals surface area (Å²) in [6, 6.07) is 7.29. The number of nitrogens with one attached hydrogen (secondary N) is 1. The third kappa shape index (κ3) is 4.46. The van der Waals surface area contributed by atoms with Gasteiger partial charge in [0.15, 0.2) is 0 Å². The Labute approximate surface area is 118 Å². The number of benzene rings is 1. The van der Waals surface area contributed by atoms with Crippen LogP contribution in [0.25, 0.3) is 0 Å². The van der Waals surface area contributed by atoms with Crippen molar-refractivity contribution >= 4 is 35.6 Å². The number of carbonyl (C=O) groups excluding carboxylic acids is 1. The van der Waals surface area contributed by atoms with Gasteiger partial charge in [-0.3, -0.25) is 9.69 Å². The lowest BCUT2D eigenvalue weighted by atomic mass is 10.3. The van der Waals surface area contributed by atoms with E-state index < -0.39 is 0 Å². The summed E-state index contributed by atoms with van der Waals surface area (Å²) in [5.74, 6) is -0.0126. The van der Waals surface area contributed by atoms with Gasteiger partial charge in [-0.15, -0.1) is 12.4 Å². The van der Waals surface area contributed by atoms with Gasteiger partial charge in [0.25, 0.3) is 0 Å². The Kier molecular flexibility index (Phi) is 5.88. The monoisotopic (exact) mass is 289 g/mol. The van der Waals surface area contributed by atoms with Gasteiger partial charge in [-0.1, -0.05) is 11.6 Å². The number of hydrogen-bond donors (Lipinski definition) is 2. The minimum atomic E-state index is -0.0126. The van der Waals surface area contributed by atoms with E-state index in [1.807, 2.05) is 0 Å². The van der Waals surface area contributed by atoms with Crippen LogP contribution in [0.4, 0.5) is 5.69 Å². The molecule has 1 aromatic carbocycles. The average Bonchev–Trinajstić information content (AvgIpc) is 2.67. The number of anilines is 1. The topological polar surface area (TPSA) is 58.4 Å². The molecule has 0 bridgehead atoms. The fourth-order valence-corrected chi connectivity index (χ4v) is 2.07. The largest absolute Gasteiger partial charge is 0.326 e. The van der Waals surface area contributed by atoms with Gasteiger partial charge in [0.2, 0.25) is 5.91 Å². The molecule has 1 saturated heterocycles. The Hall–Kier alpha value is -0.810. The Morgan fingerprint density at radius 3 is 2.67 bits per heavy atom. The summed E-state index contributed by atoms with van der Waals surface area (Å²) >= 11 is 5.77. The number of halogens is 2. The van der Waals surface area contributed by atoms with E-state index in [-0.39, 0.29) is 24.4 Å². The van der Waals surface area contributed by atoms with Gasteiger partial charge in [0.05, 0.1) is 6.54 Å². The average molecular weight is 290 g/mol. The van der Waals surface area contributed by atoms with E-state index in [1.165, 1.54) is 0 Å². The lowest BCUT2D eigenvalue weighted by molar-refractivity contribution is -0.117. The van der Waals surface area contributed by atoms with Crippen molar-refractivity contribution in [2.75, 3.05) is 25.0 Å². The van der Waals surface area contributed by atoms with Crippen molar-refractivity contribution in [1.29, 1.82) is 0 Å². The molecule has 0 unspecified atom stereocenters. The molecule has 6 heteroatoms. The van der Waals surface area contributed by atoms with Crippen molar-refractivity contribution < 1.29 is 4.79 Å². The molecule has 18 heavy (non-hydrogen) atoms. The maximum absolute atomic E-state index is 11.7. The fraction of sp³-hybridized carbons (Fsp3) is 0.417. The SMILES string of the molecule is Cl.N[C@H]1CCN(CC(=O)Nc2ccc(Cl)cc2)C1. The van der Waals surface area contributed by atoms with Crippen molar-refractivity contribution in [2.24, 2.45) is 5.73 Å². The maximum Gasteiger partial charge on any atom is 0.238 e. The lowest BCUT2D eigenvalue weighted by Crippen LogP contribution is -2.33. The summed E-state index contributed by atoms with van der Waals surface area (Å²) in [6.07, 6.45) is 0.966. The van der Waals surface area contributed by atoms with Crippen LogP contribution in [0.1, 0.15) is 6.42 Å². The second-order valence-corrected chi connectivity index (χ2v) is 4.78. The van der Waals surface area contributed by atoms with Gasteiger partial charge < -0.3 is 11.1 Å². The van der Waals surface area contributed by atoms with E-state index in [9.17, 15) is 4.79 Å². The molecule has 1 aliphatic heterocycles. The summed E-state index contributed by atoms with van der Waals surface area (Å²) in [4.78, 5) is 13.8. The van der Waals surface area contributed by atoms with E-state index in [4.69, 9.17) is 17.3 Å². The molecular formula is C12H17Cl2N3O. The molecule has 0 radical (unpaired) electrons. The second-order valence-electron chi connectivity index (χ2n) is 4.34. The first-order valence-corrected chi connectivity index (χ1v) is 6.04. The molecule has 0 aromatic heterocycles. The van der Waals surface area contributed by atoms with Crippen LogP contribution in [0.3, 0.4) is 0 Å². The number of nitrogens with two attached hydrogens (primary N) is 1. The molecule has 0 spiro atoms. The number of nitrogens with zero attached hydrogens (tertiary/aromatic N) is 1. The summed E-state index contributed by atoms with van der Waals surface area (Å²) in [5.41, 5.74) is 6.55. The molecule has 1 heterocycles. The van der Waals surface area contributed by atoms with Crippen LogP contribution in [-0.2, 0) is 4.79 Å². The number of amides is 1. The molecule has 2 rings (SSSR count). The van der Waals surface area contributed by atoms with Gasteiger partial charge >= 0.3 is 0 Å². The smallest absolute Gasteiger partial charge is 0.238 e. The number of likely N-dealkylation sites (tertiary alicyclic amines) is 1. The Balaban J connectivity index is 0.00000162. The van der Waals surface area contributed by atoms with E-state index in [1.54, 1.807) is 24.3 Å². The Bertz CT molecular complexity index is 397. The lowest BCUT2D eigenvalue weighted by Gasteiger charge is -2.14. The highest BCUT2D eigenvalue weighted by Gasteiger charge is 2.20. The van der Waals surface area contributed by atoms with E-state index in [0.29, 0.717) is 11.6 Å². The molecular weight excluding hydrogens is 273 g/mol. The van der Waals surface area contributed by atoms with Crippen LogP contribution >= 0.6 is 24.0 Å². The van der Waals surface area contributed by atoms with E-state index in [0.717, 1.165) is 25.2 Å². The highest BCUT2D eigenvalue weighted by atomic mass is 35.5. The van der Waals surface area contributed by atoms with Gasteiger partial charge in [-0.2, -0.15) is 0 Å². The summed E-state index contributed by atoms with van der Waals surface area (Å²) in [5, 5.41) is 3.49. The quantitative estimate of drug-likeness (QED) is 0.891. The molecule has 4 nitrogen and oxygen atoms in total. The van der Waals surface area contributed by atoms with Crippen molar-refractivity contribution in [1.82, 2.24) is 4.90 Å². The van der Waals surface area contributed by atoms with Crippen LogP contribution < -0.4 is 11.1 Å². The van der Waals surface area contributed by atoms with Crippen LogP contribution in [0.2, 0.25) is 5.02 Å². The van der Waals surface area contributed by atoms with Crippen LogP contribution in [-0.4, -0.2) is 36.5 Å². The minimum absolute atomic E-state index is 0. The number of hydrogen-bond acceptors (Lipinski definition) is 3. The highest BCUT2D eigenvalue weighted by molar-refractivity contribution is 6.30. The first-order valence-electron chi connectivity index (χ1n) is 5.67. The maximum atomic E-state index is 11.7. The molecule has 1 aromatic rings. The van der Waals surface area contributed by atoms with Crippen LogP contribution in [0.15, 0.2) is 24.3 Å². The van der Waals surface area contributed by atoms with Crippen molar-refractivity contribution in [3.8, 4) is 0 Å². The fourth-order valence-electron chi connectivity index (χ4n) is 1.94. The molecule has 1 atom stereocenters. The first kappa shape index (κ1) is 15.2. The molecule has 3 N–H and O–H groups in total. The van der Waals surface area contributed by atoms with E-state index in [2.05, 4.69) is 10.2 Å². The van der Waals surface area contributed by atoms with Gasteiger partial charge in [-0.25, -0.2) is 0 Å². The molecule has 1 fully saturated rings. The Morgan fingerprint density at radius 1 is 1.44 bits per heavy atom. The third-order valence-electron chi connectivity index (χ3n) is 2.80. The second kappa shape index (κ2) is 6.95. The van der Waals surface area contributed by atoms with Crippen molar-refractivity contribution in [3.05, 3.63) is 29.3 Å². The molecule has 0 saturated carbocycles. The minimum Gasteiger partial charge on any atom is -0.326 e. The summed E-state index contributed by atoms with van der Waals surface area (Å²) in [7, 11) is 0. The molecule has 1 aliphatic rings. The van der Waals surface area contributed by atoms with Crippen LogP contribution in [0, 0.1) is 0 Å². The predicted octanol–water partition coefficient (Wildman–Crippen LogP) is 1.73. The van der Waals surface area contributed by atoms with Gasteiger partial charge in [-0.05, 0) is 30.7 Å². The normalized spacial score (nSPS) is 19.3. The highest BCUT2D eigenvalue weighted by Crippen LogP contribution is 2.13. The number of carbonyl (C=O) groups is 1. The zero-order valence-corrected chi connectivity index (χ0v) is 11.5. The zero-order valence-electron chi connectivity index (χ0n) is 9.93. The van der Waals surface area contributed by atoms with Crippen LogP contribution in [0.5, 0.6) is 0 Å². The van der Waals surface area contributed by atoms with Crippen molar-refractivity contribution in [3.63, 3.8) is 0 Å². The zero-order chi connectivity index (χ0) is 12.3. The predicted molar refractivity (Wildman–Crippen MR) is 76.4 cm³/mol. The third-order valence-corrected chi connectivity index (χ3v) is 3.06. The number of rotatable bonds is 3. The molecule has 0 aliphatic carbocycles. The van der Waals surface area contributed by atoms with Gasteiger partial charge in [0.1, 0.15) is 0 Å². The van der Waals surface area contributed by atoms with Crippen molar-refractivity contribution in [2.45, 2.75) is 12.5 Å². The molecule has 100 valence electrons. The van der Waals surface area contributed by atoms with Gasteiger partial charge in [0, 0.05) is 29.8 Å². The standard InChI is InChI=1S/C12H16ClN3O.ClH/c13-9-1-3-11(4-2-9)15-12(17)8-16-6-5-10(14)7-16;/h1-4,10H,5-8,14H2,(H,15,17);1H/t10-;/m0./s1. The first-order chi connectivity index (χ1) is 8.13. The van der Waals surface area contributed by atoms with E-state index >= 15 is 0 Å².